The summed E-state index contributed by atoms with van der Waals surface area (Å²) in [5, 5.41) is 0. The average molecular weight is 245 g/mol. The van der Waals surface area contributed by atoms with E-state index in [1.165, 1.54) is 12.1 Å². The SMILES string of the molecule is CCC(C)C(CN)c1cccc(C(F)(F)F)c1. The molecule has 0 amide bonds. The van der Waals surface area contributed by atoms with Crippen LogP contribution in [0.5, 0.6) is 0 Å². The molecule has 96 valence electrons. The number of nitrogens with two attached hydrogens (primary N) is 1. The predicted molar refractivity (Wildman–Crippen MR) is 62.7 cm³/mol. The molecular formula is C13H18F3N. The van der Waals surface area contributed by atoms with Gasteiger partial charge in [-0.25, -0.2) is 0 Å². The van der Waals surface area contributed by atoms with Gasteiger partial charge in [0.15, 0.2) is 0 Å². The fourth-order valence-electron chi connectivity index (χ4n) is 1.93. The Morgan fingerprint density at radius 1 is 1.29 bits per heavy atom. The smallest absolute Gasteiger partial charge is 0.330 e. The zero-order valence-electron chi connectivity index (χ0n) is 10.1. The number of alkyl halides is 3. The topological polar surface area (TPSA) is 26.0 Å². The van der Waals surface area contributed by atoms with Gasteiger partial charge in [0, 0.05) is 0 Å². The van der Waals surface area contributed by atoms with E-state index in [1.54, 1.807) is 6.07 Å². The maximum atomic E-state index is 12.6. The highest BCUT2D eigenvalue weighted by molar-refractivity contribution is 5.29. The molecule has 0 heterocycles. The van der Waals surface area contributed by atoms with Gasteiger partial charge in [0.2, 0.25) is 0 Å². The van der Waals surface area contributed by atoms with Crippen molar-refractivity contribution in [2.75, 3.05) is 6.54 Å². The van der Waals surface area contributed by atoms with Crippen LogP contribution in [0.2, 0.25) is 0 Å². The third kappa shape index (κ3) is 3.46. The standard InChI is InChI=1S/C13H18F3N/c1-3-9(2)12(8-17)10-5-4-6-11(7-10)13(14,15)16/h4-7,9,12H,3,8,17H2,1-2H3. The van der Waals surface area contributed by atoms with Crippen LogP contribution in [0.15, 0.2) is 24.3 Å². The minimum absolute atomic E-state index is 0.0118. The molecule has 0 bridgehead atoms. The molecule has 0 radical (unpaired) electrons. The van der Waals surface area contributed by atoms with E-state index in [0.29, 0.717) is 12.1 Å². The van der Waals surface area contributed by atoms with E-state index in [-0.39, 0.29) is 11.8 Å². The monoisotopic (exact) mass is 245 g/mol. The van der Waals surface area contributed by atoms with Crippen LogP contribution in [0.4, 0.5) is 13.2 Å². The Kier molecular flexibility index (Phi) is 4.57. The number of benzene rings is 1. The summed E-state index contributed by atoms with van der Waals surface area (Å²) in [4.78, 5) is 0. The molecule has 17 heavy (non-hydrogen) atoms. The van der Waals surface area contributed by atoms with Crippen molar-refractivity contribution in [3.63, 3.8) is 0 Å². The molecule has 2 atom stereocenters. The van der Waals surface area contributed by atoms with Crippen LogP contribution in [0.3, 0.4) is 0 Å². The summed E-state index contributed by atoms with van der Waals surface area (Å²) in [5.74, 6) is 0.269. The molecule has 1 nitrogen and oxygen atoms in total. The normalized spacial score (nSPS) is 15.6. The molecule has 2 unspecified atom stereocenters. The maximum Gasteiger partial charge on any atom is 0.416 e. The zero-order chi connectivity index (χ0) is 13.1. The Balaban J connectivity index is 3.05. The van der Waals surface area contributed by atoms with E-state index < -0.39 is 11.7 Å². The Labute approximate surface area is 99.8 Å². The van der Waals surface area contributed by atoms with Gasteiger partial charge >= 0.3 is 6.18 Å². The Bertz CT molecular complexity index is 360. The fraction of sp³-hybridized carbons (Fsp3) is 0.538. The second kappa shape index (κ2) is 5.54. The van der Waals surface area contributed by atoms with Gasteiger partial charge in [-0.2, -0.15) is 13.2 Å². The van der Waals surface area contributed by atoms with Gasteiger partial charge in [-0.05, 0) is 30.0 Å². The van der Waals surface area contributed by atoms with Gasteiger partial charge in [0.25, 0.3) is 0 Å². The third-order valence-electron chi connectivity index (χ3n) is 3.23. The van der Waals surface area contributed by atoms with Crippen molar-refractivity contribution < 1.29 is 13.2 Å². The molecule has 2 N–H and O–H groups in total. The number of hydrogen-bond donors (Lipinski definition) is 1. The molecule has 0 saturated carbocycles. The highest BCUT2D eigenvalue weighted by Gasteiger charge is 2.31. The summed E-state index contributed by atoms with van der Waals surface area (Å²) < 4.78 is 37.8. The highest BCUT2D eigenvalue weighted by Crippen LogP contribution is 2.33. The van der Waals surface area contributed by atoms with E-state index in [4.69, 9.17) is 5.73 Å². The van der Waals surface area contributed by atoms with E-state index >= 15 is 0 Å². The van der Waals surface area contributed by atoms with Crippen molar-refractivity contribution in [1.29, 1.82) is 0 Å². The summed E-state index contributed by atoms with van der Waals surface area (Å²) in [6, 6.07) is 5.47. The minimum Gasteiger partial charge on any atom is -0.330 e. The Morgan fingerprint density at radius 3 is 2.41 bits per heavy atom. The molecular weight excluding hydrogens is 227 g/mol. The summed E-state index contributed by atoms with van der Waals surface area (Å²) >= 11 is 0. The Morgan fingerprint density at radius 2 is 1.94 bits per heavy atom. The fourth-order valence-corrected chi connectivity index (χ4v) is 1.93. The first-order valence-corrected chi connectivity index (χ1v) is 5.77. The lowest BCUT2D eigenvalue weighted by atomic mass is 9.85. The van der Waals surface area contributed by atoms with Gasteiger partial charge in [-0.3, -0.25) is 0 Å². The molecule has 0 fully saturated rings. The van der Waals surface area contributed by atoms with E-state index in [1.807, 2.05) is 13.8 Å². The van der Waals surface area contributed by atoms with Gasteiger partial charge in [0.05, 0.1) is 5.56 Å². The van der Waals surface area contributed by atoms with Crippen LogP contribution < -0.4 is 5.73 Å². The van der Waals surface area contributed by atoms with Crippen molar-refractivity contribution in [3.05, 3.63) is 35.4 Å². The molecule has 0 aromatic heterocycles. The zero-order valence-corrected chi connectivity index (χ0v) is 10.1. The van der Waals surface area contributed by atoms with Crippen LogP contribution >= 0.6 is 0 Å². The van der Waals surface area contributed by atoms with Crippen LogP contribution in [0.25, 0.3) is 0 Å². The van der Waals surface area contributed by atoms with Crippen molar-refractivity contribution in [2.24, 2.45) is 11.7 Å². The largest absolute Gasteiger partial charge is 0.416 e. The van der Waals surface area contributed by atoms with Crippen molar-refractivity contribution >= 4 is 0 Å². The van der Waals surface area contributed by atoms with Crippen molar-refractivity contribution in [3.8, 4) is 0 Å². The maximum absolute atomic E-state index is 12.6. The molecule has 1 aromatic carbocycles. The molecule has 0 aliphatic carbocycles. The van der Waals surface area contributed by atoms with Crippen molar-refractivity contribution in [2.45, 2.75) is 32.4 Å². The second-order valence-electron chi connectivity index (χ2n) is 4.35. The molecule has 0 aliphatic rings. The third-order valence-corrected chi connectivity index (χ3v) is 3.23. The van der Waals surface area contributed by atoms with Crippen LogP contribution in [0, 0.1) is 5.92 Å². The minimum atomic E-state index is -4.29. The number of rotatable bonds is 4. The van der Waals surface area contributed by atoms with Gasteiger partial charge in [-0.15, -0.1) is 0 Å². The lowest BCUT2D eigenvalue weighted by Crippen LogP contribution is -2.20. The van der Waals surface area contributed by atoms with E-state index in [9.17, 15) is 13.2 Å². The number of hydrogen-bond acceptors (Lipinski definition) is 1. The molecule has 0 spiro atoms. The Hall–Kier alpha value is -1.03. The molecule has 1 aromatic rings. The second-order valence-corrected chi connectivity index (χ2v) is 4.35. The summed E-state index contributed by atoms with van der Waals surface area (Å²) in [6.07, 6.45) is -3.39. The first-order valence-electron chi connectivity index (χ1n) is 5.77. The van der Waals surface area contributed by atoms with Crippen LogP contribution in [-0.4, -0.2) is 6.54 Å². The highest BCUT2D eigenvalue weighted by atomic mass is 19.4. The van der Waals surface area contributed by atoms with E-state index in [2.05, 4.69) is 0 Å². The number of halogens is 3. The lowest BCUT2D eigenvalue weighted by molar-refractivity contribution is -0.137. The quantitative estimate of drug-likeness (QED) is 0.858. The average Bonchev–Trinajstić information content (AvgIpc) is 2.29. The summed E-state index contributed by atoms with van der Waals surface area (Å²) in [7, 11) is 0. The predicted octanol–water partition coefficient (Wildman–Crippen LogP) is 3.79. The molecule has 1 rings (SSSR count). The van der Waals surface area contributed by atoms with Gasteiger partial charge in [-0.1, -0.05) is 38.5 Å². The van der Waals surface area contributed by atoms with Gasteiger partial charge in [0.1, 0.15) is 0 Å². The first-order chi connectivity index (χ1) is 7.90. The van der Waals surface area contributed by atoms with Crippen LogP contribution in [0.1, 0.15) is 37.3 Å². The van der Waals surface area contributed by atoms with Gasteiger partial charge < -0.3 is 5.73 Å². The van der Waals surface area contributed by atoms with E-state index in [0.717, 1.165) is 12.5 Å². The van der Waals surface area contributed by atoms with Crippen molar-refractivity contribution in [1.82, 2.24) is 0 Å². The summed E-state index contributed by atoms with van der Waals surface area (Å²) in [6.45, 7) is 4.40. The lowest BCUT2D eigenvalue weighted by Gasteiger charge is -2.22. The molecule has 0 aliphatic heterocycles. The first kappa shape index (κ1) is 14.0. The molecule has 0 saturated heterocycles. The van der Waals surface area contributed by atoms with Crippen LogP contribution in [-0.2, 0) is 6.18 Å². The molecule has 4 heteroatoms. The summed E-state index contributed by atoms with van der Waals surface area (Å²) in [5.41, 5.74) is 5.74.